The smallest absolute Gasteiger partial charge is 0.322 e. The number of hydrogen-bond acceptors (Lipinski definition) is 5. The minimum Gasteiger partial charge on any atom is -0.457 e. The first-order valence-electron chi connectivity index (χ1n) is 16.7. The number of carbonyl (C=O) groups excluding carboxylic acids is 2. The SMILES string of the molecule is C=CCN(C(=O)Nc1ccc(Oc2ccccc2)cc1)C1CCN(CC2CN(C(=O)C3CCCC3)CC2(O)c2ccccc2)CC1. The number of rotatable bonds is 10. The van der Waals surface area contributed by atoms with Gasteiger partial charge >= 0.3 is 6.03 Å². The van der Waals surface area contributed by atoms with E-state index in [9.17, 15) is 14.7 Å². The second kappa shape index (κ2) is 14.5. The first-order valence-corrected chi connectivity index (χ1v) is 16.7. The molecule has 3 aromatic carbocycles. The molecule has 8 nitrogen and oxygen atoms in total. The van der Waals surface area contributed by atoms with Crippen molar-refractivity contribution < 1.29 is 19.4 Å². The Morgan fingerprint density at radius 2 is 1.54 bits per heavy atom. The number of ether oxygens (including phenoxy) is 1. The van der Waals surface area contributed by atoms with Crippen LogP contribution in [-0.2, 0) is 10.4 Å². The fourth-order valence-electron chi connectivity index (χ4n) is 7.45. The molecule has 2 saturated heterocycles. The van der Waals surface area contributed by atoms with E-state index in [2.05, 4.69) is 16.8 Å². The summed E-state index contributed by atoms with van der Waals surface area (Å²) in [6, 6.07) is 26.8. The van der Waals surface area contributed by atoms with E-state index in [1.807, 2.05) is 94.7 Å². The molecule has 6 rings (SSSR count). The van der Waals surface area contributed by atoms with Gasteiger partial charge in [-0.3, -0.25) is 4.79 Å². The number of nitrogens with one attached hydrogen (secondary N) is 1. The molecule has 0 bridgehead atoms. The van der Waals surface area contributed by atoms with Crippen LogP contribution in [0.3, 0.4) is 0 Å². The van der Waals surface area contributed by atoms with Crippen molar-refractivity contribution in [1.82, 2.24) is 14.7 Å². The molecule has 1 aliphatic carbocycles. The van der Waals surface area contributed by atoms with Gasteiger partial charge in [-0.15, -0.1) is 6.58 Å². The molecule has 2 N–H and O–H groups in total. The zero-order chi connectivity index (χ0) is 31.9. The van der Waals surface area contributed by atoms with Crippen LogP contribution < -0.4 is 10.1 Å². The van der Waals surface area contributed by atoms with Crippen LogP contribution >= 0.6 is 0 Å². The predicted molar refractivity (Wildman–Crippen MR) is 181 cm³/mol. The topological polar surface area (TPSA) is 85.4 Å². The Morgan fingerprint density at radius 3 is 2.20 bits per heavy atom. The van der Waals surface area contributed by atoms with Crippen molar-refractivity contribution in [3.05, 3.63) is 103 Å². The van der Waals surface area contributed by atoms with E-state index in [0.29, 0.717) is 37.6 Å². The molecule has 3 aromatic rings. The number of nitrogens with zero attached hydrogens (tertiary/aromatic N) is 3. The fourth-order valence-corrected chi connectivity index (χ4v) is 7.45. The molecule has 2 atom stereocenters. The molecule has 8 heteroatoms. The van der Waals surface area contributed by atoms with Gasteiger partial charge in [0.1, 0.15) is 17.1 Å². The number of benzene rings is 3. The van der Waals surface area contributed by atoms with Gasteiger partial charge in [-0.2, -0.15) is 0 Å². The molecule has 3 amide bonds. The van der Waals surface area contributed by atoms with Gasteiger partial charge < -0.3 is 29.9 Å². The predicted octanol–water partition coefficient (Wildman–Crippen LogP) is 6.50. The summed E-state index contributed by atoms with van der Waals surface area (Å²) >= 11 is 0. The lowest BCUT2D eigenvalue weighted by molar-refractivity contribution is -0.135. The van der Waals surface area contributed by atoms with Crippen molar-refractivity contribution in [2.24, 2.45) is 11.8 Å². The molecule has 1 saturated carbocycles. The molecule has 0 aromatic heterocycles. The third-order valence-corrected chi connectivity index (χ3v) is 9.99. The monoisotopic (exact) mass is 622 g/mol. The van der Waals surface area contributed by atoms with Crippen molar-refractivity contribution in [3.63, 3.8) is 0 Å². The van der Waals surface area contributed by atoms with Crippen LogP contribution in [0.1, 0.15) is 44.1 Å². The number of amides is 3. The number of hydrogen-bond donors (Lipinski definition) is 2. The van der Waals surface area contributed by atoms with Crippen molar-refractivity contribution >= 4 is 17.6 Å². The summed E-state index contributed by atoms with van der Waals surface area (Å²) in [6.45, 7) is 7.62. The molecule has 46 heavy (non-hydrogen) atoms. The average Bonchev–Trinajstić information content (AvgIpc) is 3.75. The lowest BCUT2D eigenvalue weighted by Gasteiger charge is -2.40. The first kappa shape index (κ1) is 31.8. The molecular formula is C38H46N4O4. The van der Waals surface area contributed by atoms with Crippen LogP contribution in [0.4, 0.5) is 10.5 Å². The van der Waals surface area contributed by atoms with E-state index in [0.717, 1.165) is 62.9 Å². The molecule has 3 aliphatic rings. The Hall–Kier alpha value is -4.14. The van der Waals surface area contributed by atoms with Crippen molar-refractivity contribution in [2.45, 2.75) is 50.2 Å². The minimum absolute atomic E-state index is 0.0759. The summed E-state index contributed by atoms with van der Waals surface area (Å²) in [5.74, 6) is 1.68. The number of carbonyl (C=O) groups is 2. The molecule has 242 valence electrons. The first-order chi connectivity index (χ1) is 22.4. The second-order valence-electron chi connectivity index (χ2n) is 13.0. The Kier molecular flexibility index (Phi) is 10.0. The third kappa shape index (κ3) is 7.29. The highest BCUT2D eigenvalue weighted by atomic mass is 16.5. The van der Waals surface area contributed by atoms with Gasteiger partial charge in [0.25, 0.3) is 0 Å². The molecule has 0 spiro atoms. The van der Waals surface area contributed by atoms with E-state index in [-0.39, 0.29) is 29.8 Å². The number of likely N-dealkylation sites (tertiary alicyclic amines) is 2. The Morgan fingerprint density at radius 1 is 0.913 bits per heavy atom. The third-order valence-electron chi connectivity index (χ3n) is 9.99. The minimum atomic E-state index is -1.08. The maximum absolute atomic E-state index is 13.4. The summed E-state index contributed by atoms with van der Waals surface area (Å²) in [4.78, 5) is 33.0. The normalized spacial score (nSPS) is 22.5. The Labute approximate surface area is 272 Å². The molecule has 0 radical (unpaired) electrons. The van der Waals surface area contributed by atoms with Gasteiger partial charge in [-0.1, -0.05) is 67.4 Å². The fraction of sp³-hybridized carbons (Fsp3) is 0.421. The lowest BCUT2D eigenvalue weighted by atomic mass is 9.83. The number of aliphatic hydroxyl groups is 1. The van der Waals surface area contributed by atoms with Crippen molar-refractivity contribution in [1.29, 1.82) is 0 Å². The van der Waals surface area contributed by atoms with Gasteiger partial charge in [0, 0.05) is 56.3 Å². The van der Waals surface area contributed by atoms with Gasteiger partial charge in [0.15, 0.2) is 0 Å². The number of β-amino-alcohol motifs (C(OH)–C–C–N with tert-alkyl or cyclic N) is 1. The van der Waals surface area contributed by atoms with E-state index >= 15 is 0 Å². The second-order valence-corrected chi connectivity index (χ2v) is 13.0. The van der Waals surface area contributed by atoms with E-state index < -0.39 is 5.60 Å². The highest BCUT2D eigenvalue weighted by Gasteiger charge is 2.49. The van der Waals surface area contributed by atoms with Crippen LogP contribution in [0.2, 0.25) is 0 Å². The highest BCUT2D eigenvalue weighted by Crippen LogP contribution is 2.40. The van der Waals surface area contributed by atoms with E-state index in [1.165, 1.54) is 0 Å². The van der Waals surface area contributed by atoms with Crippen LogP contribution in [0.15, 0.2) is 97.6 Å². The Balaban J connectivity index is 1.06. The zero-order valence-electron chi connectivity index (χ0n) is 26.6. The van der Waals surface area contributed by atoms with Gasteiger partial charge in [-0.25, -0.2) is 4.79 Å². The summed E-state index contributed by atoms with van der Waals surface area (Å²) < 4.78 is 5.88. The molecular weight excluding hydrogens is 576 g/mol. The van der Waals surface area contributed by atoms with Crippen LogP contribution in [0, 0.1) is 11.8 Å². The zero-order valence-corrected chi connectivity index (χ0v) is 26.6. The number of para-hydroxylation sites is 1. The quantitative estimate of drug-likeness (QED) is 0.252. The molecule has 2 aliphatic heterocycles. The molecule has 2 heterocycles. The van der Waals surface area contributed by atoms with Crippen molar-refractivity contribution in [2.75, 3.05) is 44.6 Å². The highest BCUT2D eigenvalue weighted by molar-refractivity contribution is 5.89. The summed E-state index contributed by atoms with van der Waals surface area (Å²) in [5.41, 5.74) is 0.503. The maximum Gasteiger partial charge on any atom is 0.322 e. The van der Waals surface area contributed by atoms with Gasteiger partial charge in [0.05, 0.1) is 6.54 Å². The van der Waals surface area contributed by atoms with E-state index in [1.54, 1.807) is 6.08 Å². The van der Waals surface area contributed by atoms with Gasteiger partial charge in [0.2, 0.25) is 5.91 Å². The number of anilines is 1. The lowest BCUT2D eigenvalue weighted by Crippen LogP contribution is -2.50. The maximum atomic E-state index is 13.4. The number of piperidine rings is 1. The average molecular weight is 623 g/mol. The van der Waals surface area contributed by atoms with Crippen LogP contribution in [0.5, 0.6) is 11.5 Å². The van der Waals surface area contributed by atoms with Crippen LogP contribution in [0.25, 0.3) is 0 Å². The molecule has 2 unspecified atom stereocenters. The summed E-state index contributed by atoms with van der Waals surface area (Å²) in [7, 11) is 0. The summed E-state index contributed by atoms with van der Waals surface area (Å²) in [6.07, 6.45) is 7.57. The van der Waals surface area contributed by atoms with Crippen LogP contribution in [-0.4, -0.2) is 77.1 Å². The number of urea groups is 1. The molecule has 3 fully saturated rings. The van der Waals surface area contributed by atoms with Gasteiger partial charge in [-0.05, 0) is 67.6 Å². The van der Waals surface area contributed by atoms with Crippen molar-refractivity contribution in [3.8, 4) is 11.5 Å². The standard InChI is InChI=1S/C38H46N4O4/c1-2-23-42(37(44)39-32-17-19-35(20-18-32)46-34-15-7-4-8-16-34)33-21-24-40(25-22-33)26-31-27-41(36(43)29-11-9-10-12-29)28-38(31,45)30-13-5-3-6-14-30/h2-8,13-20,29,31,33,45H,1,9-12,21-28H2,(H,39,44). The largest absolute Gasteiger partial charge is 0.457 e. The summed E-state index contributed by atoms with van der Waals surface area (Å²) in [5, 5.41) is 15.2. The van der Waals surface area contributed by atoms with E-state index in [4.69, 9.17) is 4.74 Å². The Bertz CT molecular complexity index is 1450.